The summed E-state index contributed by atoms with van der Waals surface area (Å²) in [5.74, 6) is 0.296. The normalized spacial score (nSPS) is 15.4. The second kappa shape index (κ2) is 10.9. The minimum absolute atomic E-state index is 0.235. The maximum absolute atomic E-state index is 12.4. The van der Waals surface area contributed by atoms with Crippen LogP contribution in [0.25, 0.3) is 6.08 Å². The molecule has 172 valence electrons. The molecule has 0 aliphatic carbocycles. The highest BCUT2D eigenvalue weighted by Gasteiger charge is 2.25. The van der Waals surface area contributed by atoms with E-state index in [1.54, 1.807) is 55.7 Å². The van der Waals surface area contributed by atoms with Crippen molar-refractivity contribution in [1.29, 1.82) is 0 Å². The highest BCUT2D eigenvalue weighted by molar-refractivity contribution is 9.10. The van der Waals surface area contributed by atoms with Crippen LogP contribution in [0.3, 0.4) is 0 Å². The minimum atomic E-state index is -0.420. The Hall–Kier alpha value is -3.07. The van der Waals surface area contributed by atoms with Gasteiger partial charge in [0.2, 0.25) is 0 Å². The summed E-state index contributed by atoms with van der Waals surface area (Å²) in [4.78, 5) is 29.2. The summed E-state index contributed by atoms with van der Waals surface area (Å²) in [6.07, 6.45) is 1.70. The molecular formula is C25H18BrClN2O4S. The maximum atomic E-state index is 12.4. The number of carbonyl (C=O) groups excluding carboxylic acids is 2. The Morgan fingerprint density at radius 2 is 1.88 bits per heavy atom. The highest BCUT2D eigenvalue weighted by Crippen LogP contribution is 2.38. The molecule has 1 N–H and O–H groups in total. The maximum Gasteiger partial charge on any atom is 0.279 e. The minimum Gasteiger partial charge on any atom is -0.493 e. The van der Waals surface area contributed by atoms with Crippen LogP contribution in [0.5, 0.6) is 11.5 Å². The molecule has 0 aromatic heterocycles. The number of hydrogen-bond donors (Lipinski definition) is 1. The van der Waals surface area contributed by atoms with Gasteiger partial charge in [-0.2, -0.15) is 4.99 Å². The van der Waals surface area contributed by atoms with E-state index in [9.17, 15) is 9.59 Å². The number of nitrogens with zero attached hydrogens (tertiary/aromatic N) is 1. The van der Waals surface area contributed by atoms with E-state index in [1.165, 1.54) is 0 Å². The number of aliphatic imine (C=N–C) groups is 1. The lowest BCUT2D eigenvalue weighted by Crippen LogP contribution is -2.20. The second-order valence-corrected chi connectivity index (χ2v) is 9.42. The number of hydrogen-bond acceptors (Lipinski definition) is 5. The van der Waals surface area contributed by atoms with Gasteiger partial charge < -0.3 is 14.8 Å². The summed E-state index contributed by atoms with van der Waals surface area (Å²) in [6.45, 7) is 0.333. The summed E-state index contributed by atoms with van der Waals surface area (Å²) in [6, 6.07) is 19.7. The van der Waals surface area contributed by atoms with E-state index in [1.807, 2.05) is 24.3 Å². The van der Waals surface area contributed by atoms with Crippen molar-refractivity contribution in [3.8, 4) is 11.5 Å². The number of ether oxygens (including phenoxy) is 2. The van der Waals surface area contributed by atoms with Crippen molar-refractivity contribution in [3.63, 3.8) is 0 Å². The Balaban J connectivity index is 1.51. The number of methoxy groups -OCH3 is 1. The van der Waals surface area contributed by atoms with E-state index in [2.05, 4.69) is 26.2 Å². The van der Waals surface area contributed by atoms with Gasteiger partial charge in [0.25, 0.3) is 11.8 Å². The zero-order chi connectivity index (χ0) is 24.1. The molecule has 34 heavy (non-hydrogen) atoms. The van der Waals surface area contributed by atoms with Crippen LogP contribution in [-0.4, -0.2) is 24.1 Å². The number of nitrogens with one attached hydrogen (secondary N) is 1. The Bertz CT molecular complexity index is 1290. The fraction of sp³-hybridized carbons (Fsp3) is 0.0800. The largest absolute Gasteiger partial charge is 0.493 e. The van der Waals surface area contributed by atoms with E-state index in [4.69, 9.17) is 21.1 Å². The van der Waals surface area contributed by atoms with Crippen molar-refractivity contribution in [2.75, 3.05) is 7.11 Å². The topological polar surface area (TPSA) is 77.0 Å². The van der Waals surface area contributed by atoms with Crippen LogP contribution in [-0.2, 0) is 11.4 Å². The first-order valence-electron chi connectivity index (χ1n) is 10.1. The molecule has 1 saturated heterocycles. The van der Waals surface area contributed by atoms with Gasteiger partial charge in [-0.1, -0.05) is 41.9 Å². The molecule has 0 atom stereocenters. The van der Waals surface area contributed by atoms with E-state index >= 15 is 0 Å². The molecule has 3 aromatic rings. The molecule has 1 aliphatic heterocycles. The summed E-state index contributed by atoms with van der Waals surface area (Å²) in [5, 5.41) is 3.52. The van der Waals surface area contributed by atoms with Crippen LogP contribution in [0.2, 0.25) is 5.02 Å². The number of thioether (sulfide) groups is 1. The third-order valence-corrected chi connectivity index (χ3v) is 6.47. The van der Waals surface area contributed by atoms with Crippen molar-refractivity contribution in [2.45, 2.75) is 6.61 Å². The average Bonchev–Trinajstić information content (AvgIpc) is 3.17. The molecule has 0 spiro atoms. The molecule has 0 radical (unpaired) electrons. The van der Waals surface area contributed by atoms with Gasteiger partial charge >= 0.3 is 0 Å². The molecule has 1 heterocycles. The van der Waals surface area contributed by atoms with Gasteiger partial charge in [0.1, 0.15) is 6.61 Å². The zero-order valence-corrected chi connectivity index (χ0v) is 21.0. The van der Waals surface area contributed by atoms with Gasteiger partial charge in [0.05, 0.1) is 16.5 Å². The predicted octanol–water partition coefficient (Wildman–Crippen LogP) is 6.09. The Morgan fingerprint density at radius 1 is 1.15 bits per heavy atom. The zero-order valence-electron chi connectivity index (χ0n) is 17.9. The highest BCUT2D eigenvalue weighted by atomic mass is 79.9. The first kappa shape index (κ1) is 24.1. The van der Waals surface area contributed by atoms with Gasteiger partial charge in [0.15, 0.2) is 16.7 Å². The van der Waals surface area contributed by atoms with Crippen LogP contribution in [0.1, 0.15) is 21.5 Å². The van der Waals surface area contributed by atoms with Crippen molar-refractivity contribution in [2.24, 2.45) is 4.99 Å². The standard InChI is InChI=1S/C25H18BrClN2O4S/c1-32-20-12-16(11-19(26)22(20)33-14-15-7-9-18(27)10-8-15)13-21-24(31)29-25(34-21)28-23(30)17-5-3-2-4-6-17/h2-13H,14H2,1H3,(H,28,29,30,31)/b21-13-. The Labute approximate surface area is 214 Å². The van der Waals surface area contributed by atoms with Crippen LogP contribution >= 0.6 is 39.3 Å². The molecule has 2 amide bonds. The van der Waals surface area contributed by atoms with Gasteiger partial charge in [-0.25, -0.2) is 0 Å². The van der Waals surface area contributed by atoms with E-state index in [-0.39, 0.29) is 11.1 Å². The molecule has 0 unspecified atom stereocenters. The molecule has 3 aromatic carbocycles. The summed E-state index contributed by atoms with van der Waals surface area (Å²) in [5.41, 5.74) is 2.13. The van der Waals surface area contributed by atoms with Crippen molar-refractivity contribution in [1.82, 2.24) is 5.32 Å². The van der Waals surface area contributed by atoms with Crippen molar-refractivity contribution < 1.29 is 19.1 Å². The van der Waals surface area contributed by atoms with Gasteiger partial charge in [-0.05, 0) is 81.3 Å². The number of halogens is 2. The van der Waals surface area contributed by atoms with Crippen LogP contribution in [0, 0.1) is 0 Å². The van der Waals surface area contributed by atoms with Gasteiger partial charge in [0, 0.05) is 10.6 Å². The van der Waals surface area contributed by atoms with Gasteiger partial charge in [-0.15, -0.1) is 0 Å². The number of amides is 2. The monoisotopic (exact) mass is 556 g/mol. The number of benzene rings is 3. The fourth-order valence-corrected chi connectivity index (χ4v) is 4.59. The Kier molecular flexibility index (Phi) is 7.72. The second-order valence-electron chi connectivity index (χ2n) is 7.10. The van der Waals surface area contributed by atoms with Crippen LogP contribution < -0.4 is 14.8 Å². The lowest BCUT2D eigenvalue weighted by molar-refractivity contribution is -0.115. The molecular weight excluding hydrogens is 540 g/mol. The molecule has 0 bridgehead atoms. The first-order valence-corrected chi connectivity index (χ1v) is 12.1. The number of carbonyl (C=O) groups is 2. The fourth-order valence-electron chi connectivity index (χ4n) is 3.07. The number of amidine groups is 1. The summed E-state index contributed by atoms with van der Waals surface area (Å²) in [7, 11) is 1.55. The molecule has 9 heteroatoms. The lowest BCUT2D eigenvalue weighted by Gasteiger charge is -2.14. The smallest absolute Gasteiger partial charge is 0.279 e. The predicted molar refractivity (Wildman–Crippen MR) is 138 cm³/mol. The van der Waals surface area contributed by atoms with Crippen molar-refractivity contribution in [3.05, 3.63) is 97.8 Å². The lowest BCUT2D eigenvalue weighted by atomic mass is 10.2. The molecule has 4 rings (SSSR count). The van der Waals surface area contributed by atoms with Crippen molar-refractivity contribution >= 4 is 62.4 Å². The molecule has 1 aliphatic rings. The van der Waals surface area contributed by atoms with Crippen LogP contribution in [0.4, 0.5) is 0 Å². The third kappa shape index (κ3) is 5.88. The molecule has 1 fully saturated rings. The SMILES string of the molecule is COc1cc(/C=C2\SC(=NC(=O)c3ccccc3)NC2=O)cc(Br)c1OCc1ccc(Cl)cc1. The van der Waals surface area contributed by atoms with E-state index < -0.39 is 5.91 Å². The summed E-state index contributed by atoms with van der Waals surface area (Å²) >= 11 is 10.6. The van der Waals surface area contributed by atoms with Gasteiger partial charge in [-0.3, -0.25) is 9.59 Å². The third-order valence-electron chi connectivity index (χ3n) is 4.72. The molecule has 0 saturated carbocycles. The molecule has 6 nitrogen and oxygen atoms in total. The van der Waals surface area contributed by atoms with Crippen LogP contribution in [0.15, 0.2) is 81.1 Å². The Morgan fingerprint density at radius 3 is 2.59 bits per heavy atom. The van der Waals surface area contributed by atoms with E-state index in [0.29, 0.717) is 38.1 Å². The first-order chi connectivity index (χ1) is 16.4. The summed E-state index contributed by atoms with van der Waals surface area (Å²) < 4.78 is 12.1. The number of rotatable bonds is 6. The van der Waals surface area contributed by atoms with E-state index in [0.717, 1.165) is 22.9 Å². The quantitative estimate of drug-likeness (QED) is 0.371. The average molecular weight is 558 g/mol.